The van der Waals surface area contributed by atoms with Gasteiger partial charge < -0.3 is 28.7 Å². The Hall–Kier alpha value is -1.59. The van der Waals surface area contributed by atoms with Crippen LogP contribution in [0.1, 0.15) is 0 Å². The fourth-order valence-electron chi connectivity index (χ4n) is 3.19. The predicted molar refractivity (Wildman–Crippen MR) is 119 cm³/mol. The number of ether oxygens (including phenoxy) is 1. The Labute approximate surface area is 198 Å². The third-order valence-electron chi connectivity index (χ3n) is 4.35. The second-order valence-electron chi connectivity index (χ2n) is 5.90. The van der Waals surface area contributed by atoms with E-state index in [-0.39, 0.29) is 28.5 Å². The van der Waals surface area contributed by atoms with Crippen LogP contribution in [0.5, 0.6) is 0 Å². The molecule has 0 atom stereocenters. The van der Waals surface area contributed by atoms with Gasteiger partial charge >= 0.3 is 6.09 Å². The highest BCUT2D eigenvalue weighted by Crippen LogP contribution is 2.62. The van der Waals surface area contributed by atoms with Crippen LogP contribution in [0, 0.1) is 0 Å². The number of hydrogen-bond donors (Lipinski definition) is 1. The van der Waals surface area contributed by atoms with E-state index in [1.165, 1.54) is 7.11 Å². The van der Waals surface area contributed by atoms with Crippen LogP contribution >= 0.6 is 30.5 Å². The molecule has 0 saturated heterocycles. The molecule has 0 aliphatic heterocycles. The molecule has 0 aliphatic rings. The summed E-state index contributed by atoms with van der Waals surface area (Å²) < 4.78 is 4.85. The van der Waals surface area contributed by atoms with E-state index in [1.807, 2.05) is 91.0 Å². The highest BCUT2D eigenvalue weighted by Gasteiger charge is 2.52. The minimum atomic E-state index is -2.58. The summed E-state index contributed by atoms with van der Waals surface area (Å²) in [4.78, 5) is 12.2. The molecule has 0 radical (unpaired) electrons. The molecule has 0 bridgehead atoms. The monoisotopic (exact) mass is 557 g/mol. The van der Waals surface area contributed by atoms with Crippen molar-refractivity contribution in [3.05, 3.63) is 101 Å². The highest BCUT2D eigenvalue weighted by molar-refractivity contribution is 7.99. The Morgan fingerprint density at radius 3 is 1.38 bits per heavy atom. The molecule has 150 valence electrons. The lowest BCUT2D eigenvalue weighted by Gasteiger charge is -2.29. The van der Waals surface area contributed by atoms with Crippen molar-refractivity contribution in [2.45, 2.75) is 0 Å². The maximum atomic E-state index is 12.2. The number of carbonyl (C=O) groups is 1. The lowest BCUT2D eigenvalue weighted by Crippen LogP contribution is -3.00. The Kier molecular flexibility index (Phi) is 8.97. The van der Waals surface area contributed by atoms with E-state index in [1.54, 1.807) is 0 Å². The zero-order chi connectivity index (χ0) is 20.0. The van der Waals surface area contributed by atoms with Crippen molar-refractivity contribution >= 4 is 52.5 Å². The quantitative estimate of drug-likeness (QED) is 0.385. The largest absolute Gasteiger partial charge is 1.00 e. The van der Waals surface area contributed by atoms with Gasteiger partial charge in [-0.05, 0) is 36.4 Å². The molecule has 3 aromatic carbocycles. The number of carbonyl (C=O) groups excluding carboxylic acids is 1. The van der Waals surface area contributed by atoms with Gasteiger partial charge in [0.1, 0.15) is 15.9 Å². The number of nitrogens with one attached hydrogen (secondary N) is 1. The molecule has 3 aromatic rings. The number of hydrogen-bond acceptors (Lipinski definition) is 2. The van der Waals surface area contributed by atoms with Gasteiger partial charge in [0.2, 0.25) is 5.44 Å². The van der Waals surface area contributed by atoms with Crippen LogP contribution in [0.25, 0.3) is 0 Å². The lowest BCUT2D eigenvalue weighted by molar-refractivity contribution is -0.0000104. The third kappa shape index (κ3) is 4.95. The van der Waals surface area contributed by atoms with Gasteiger partial charge in [0, 0.05) is 0 Å². The van der Waals surface area contributed by atoms with Gasteiger partial charge in [-0.1, -0.05) is 77.8 Å². The molecule has 0 aromatic heterocycles. The number of halogens is 3. The fraction of sp³-hybridized carbons (Fsp3) is 0.0455. The first-order valence-electron chi connectivity index (χ1n) is 8.57. The first-order chi connectivity index (χ1) is 13.6. The Morgan fingerprint density at radius 1 is 0.759 bits per heavy atom. The SMILES string of the molecule is COC(=O)NC(=C(Cl)Cl)[P+](c1ccccc1)(c1ccccc1)c1ccccc1.[I-]. The Morgan fingerprint density at radius 2 is 1.10 bits per heavy atom. The normalized spacial score (nSPS) is 10.4. The number of alkyl carbamates (subject to hydrolysis) is 1. The number of methoxy groups -OCH3 is 1. The molecule has 29 heavy (non-hydrogen) atoms. The Balaban J connectivity index is 0.00000300. The molecular weight excluding hydrogens is 539 g/mol. The summed E-state index contributed by atoms with van der Waals surface area (Å²) in [6, 6.07) is 29.8. The van der Waals surface area contributed by atoms with Crippen LogP contribution in [0.3, 0.4) is 0 Å². The van der Waals surface area contributed by atoms with Crippen LogP contribution in [0.2, 0.25) is 0 Å². The topological polar surface area (TPSA) is 38.3 Å². The molecule has 0 fully saturated rings. The van der Waals surface area contributed by atoms with Gasteiger partial charge in [0.05, 0.1) is 7.11 Å². The summed E-state index contributed by atoms with van der Waals surface area (Å²) >= 11 is 12.8. The van der Waals surface area contributed by atoms with Gasteiger partial charge in [-0.25, -0.2) is 4.79 Å². The number of benzene rings is 3. The van der Waals surface area contributed by atoms with Gasteiger partial charge in [-0.2, -0.15) is 0 Å². The minimum Gasteiger partial charge on any atom is -1.00 e. The van der Waals surface area contributed by atoms with E-state index < -0.39 is 13.4 Å². The summed E-state index contributed by atoms with van der Waals surface area (Å²) in [5.74, 6) is 0. The zero-order valence-electron chi connectivity index (χ0n) is 15.6. The van der Waals surface area contributed by atoms with Gasteiger partial charge in [-0.15, -0.1) is 0 Å². The molecular formula is C22H19Cl2INO2P. The van der Waals surface area contributed by atoms with Crippen molar-refractivity contribution in [1.29, 1.82) is 0 Å². The number of amides is 1. The molecule has 0 unspecified atom stereocenters. The van der Waals surface area contributed by atoms with E-state index >= 15 is 0 Å². The van der Waals surface area contributed by atoms with Crippen molar-refractivity contribution in [3.8, 4) is 0 Å². The van der Waals surface area contributed by atoms with Gasteiger partial charge in [-0.3, -0.25) is 5.32 Å². The molecule has 0 heterocycles. The Bertz CT molecular complexity index is 869. The van der Waals surface area contributed by atoms with Gasteiger partial charge in [0.15, 0.2) is 11.8 Å². The van der Waals surface area contributed by atoms with Crippen LogP contribution < -0.4 is 45.2 Å². The van der Waals surface area contributed by atoms with Crippen LogP contribution in [0.15, 0.2) is 101 Å². The molecule has 3 nitrogen and oxygen atoms in total. The summed E-state index contributed by atoms with van der Waals surface area (Å²) in [6.45, 7) is 0. The lowest BCUT2D eigenvalue weighted by atomic mass is 10.4. The van der Waals surface area contributed by atoms with Crippen molar-refractivity contribution in [1.82, 2.24) is 5.32 Å². The molecule has 3 rings (SSSR count). The molecule has 7 heteroatoms. The average Bonchev–Trinajstić information content (AvgIpc) is 2.75. The van der Waals surface area contributed by atoms with Crippen LogP contribution in [0.4, 0.5) is 4.79 Å². The van der Waals surface area contributed by atoms with E-state index in [2.05, 4.69) is 5.32 Å². The van der Waals surface area contributed by atoms with E-state index in [0.29, 0.717) is 5.44 Å². The van der Waals surface area contributed by atoms with E-state index in [9.17, 15) is 4.79 Å². The predicted octanol–water partition coefficient (Wildman–Crippen LogP) is 1.94. The maximum absolute atomic E-state index is 12.2. The van der Waals surface area contributed by atoms with Crippen molar-refractivity contribution in [2.24, 2.45) is 0 Å². The van der Waals surface area contributed by atoms with E-state index in [4.69, 9.17) is 27.9 Å². The maximum Gasteiger partial charge on any atom is 0.413 e. The van der Waals surface area contributed by atoms with Crippen molar-refractivity contribution in [3.63, 3.8) is 0 Å². The third-order valence-corrected chi connectivity index (χ3v) is 9.22. The molecule has 0 saturated carbocycles. The van der Waals surface area contributed by atoms with Crippen LogP contribution in [-0.2, 0) is 4.74 Å². The van der Waals surface area contributed by atoms with Crippen molar-refractivity contribution < 1.29 is 33.5 Å². The molecule has 1 N–H and O–H groups in total. The smallest absolute Gasteiger partial charge is 0.413 e. The zero-order valence-corrected chi connectivity index (χ0v) is 20.1. The van der Waals surface area contributed by atoms with Crippen molar-refractivity contribution in [2.75, 3.05) is 7.11 Å². The number of rotatable bonds is 5. The van der Waals surface area contributed by atoms with Crippen LogP contribution in [-0.4, -0.2) is 13.2 Å². The van der Waals surface area contributed by atoms with E-state index in [0.717, 1.165) is 15.9 Å². The minimum absolute atomic E-state index is 0. The second kappa shape index (κ2) is 11.0. The molecule has 1 amide bonds. The second-order valence-corrected chi connectivity index (χ2v) is 10.2. The summed E-state index contributed by atoms with van der Waals surface area (Å²) in [6.07, 6.45) is -0.624. The molecule has 0 aliphatic carbocycles. The summed E-state index contributed by atoms with van der Waals surface area (Å²) in [5.41, 5.74) is 0.436. The van der Waals surface area contributed by atoms with Gasteiger partial charge in [0.25, 0.3) is 0 Å². The first-order valence-corrected chi connectivity index (χ1v) is 11.1. The summed E-state index contributed by atoms with van der Waals surface area (Å²) in [7, 11) is -1.27. The standard InChI is InChI=1S/C22H18Cl2NO2P.HI/c1-27-22(26)25-21(20(23)24)28(17-11-5-2-6-12-17,18-13-7-3-8-14-18)19-15-9-4-10-16-19;/h2-16H,1H3;1H. The highest BCUT2D eigenvalue weighted by atomic mass is 127. The summed E-state index contributed by atoms with van der Waals surface area (Å²) in [5, 5.41) is 5.84. The fourth-order valence-corrected chi connectivity index (χ4v) is 8.09. The average molecular weight is 558 g/mol. The molecule has 0 spiro atoms. The first kappa shape index (κ1) is 23.7.